The molecule has 0 saturated carbocycles. The number of rotatable bonds is 6. The first-order chi connectivity index (χ1) is 16.7. The summed E-state index contributed by atoms with van der Waals surface area (Å²) >= 11 is 0. The van der Waals surface area contributed by atoms with Gasteiger partial charge in [0.05, 0.1) is 0 Å². The molecule has 5 rings (SSSR count). The van der Waals surface area contributed by atoms with E-state index in [1.165, 1.54) is 0 Å². The van der Waals surface area contributed by atoms with Crippen LogP contribution in [-0.2, 0) is 0 Å². The van der Waals surface area contributed by atoms with E-state index < -0.39 is 0 Å². The zero-order valence-electron chi connectivity index (χ0n) is 17.9. The van der Waals surface area contributed by atoms with Crippen LogP contribution in [0.25, 0.3) is 22.8 Å². The molecule has 0 unspecified atom stereocenters. The number of carbonyl (C=O) groups is 2. The summed E-state index contributed by atoms with van der Waals surface area (Å²) in [6.45, 7) is 0. The molecule has 0 radical (unpaired) electrons. The Kier molecular flexibility index (Phi) is 5.69. The number of benzene rings is 3. The molecule has 2 heterocycles. The number of nitrogens with one attached hydrogen (secondary N) is 4. The van der Waals surface area contributed by atoms with Gasteiger partial charge in [0.15, 0.2) is 0 Å². The van der Waals surface area contributed by atoms with Gasteiger partial charge >= 0.3 is 0 Å². The fourth-order valence-corrected chi connectivity index (χ4v) is 3.45. The maximum atomic E-state index is 12.6. The van der Waals surface area contributed by atoms with Gasteiger partial charge in [0.25, 0.3) is 11.8 Å². The molecule has 0 aliphatic carbocycles. The first-order valence-electron chi connectivity index (χ1n) is 10.6. The second kappa shape index (κ2) is 9.25. The number of hydrogen-bond acceptors (Lipinski definition) is 4. The fourth-order valence-electron chi connectivity index (χ4n) is 3.45. The lowest BCUT2D eigenvalue weighted by Crippen LogP contribution is -2.14. The van der Waals surface area contributed by atoms with Gasteiger partial charge in [-0.05, 0) is 72.8 Å². The van der Waals surface area contributed by atoms with E-state index in [0.717, 1.165) is 22.8 Å². The highest BCUT2D eigenvalue weighted by Crippen LogP contribution is 2.20. The number of carbonyl (C=O) groups excluding carboxylic acids is 2. The molecule has 34 heavy (non-hydrogen) atoms. The van der Waals surface area contributed by atoms with E-state index >= 15 is 0 Å². The van der Waals surface area contributed by atoms with E-state index in [9.17, 15) is 9.59 Å². The fraction of sp³-hybridized carbons (Fsp3) is 0. The van der Waals surface area contributed by atoms with Crippen LogP contribution in [-0.4, -0.2) is 31.8 Å². The summed E-state index contributed by atoms with van der Waals surface area (Å²) in [5.74, 6) is 1.01. The van der Waals surface area contributed by atoms with Crippen molar-refractivity contribution >= 4 is 23.2 Å². The van der Waals surface area contributed by atoms with Crippen molar-refractivity contribution in [1.29, 1.82) is 0 Å². The number of imidazole rings is 2. The van der Waals surface area contributed by atoms with E-state index in [4.69, 9.17) is 0 Å². The molecule has 2 amide bonds. The molecule has 3 aromatic carbocycles. The highest BCUT2D eigenvalue weighted by atomic mass is 16.2. The molecular formula is C26H20N6O2. The zero-order valence-corrected chi connectivity index (χ0v) is 17.9. The van der Waals surface area contributed by atoms with Gasteiger partial charge in [-0.25, -0.2) is 9.97 Å². The highest BCUT2D eigenvalue weighted by molar-refractivity contribution is 6.07. The highest BCUT2D eigenvalue weighted by Gasteiger charge is 2.11. The van der Waals surface area contributed by atoms with E-state index in [1.54, 1.807) is 49.1 Å². The second-order valence-corrected chi connectivity index (χ2v) is 7.52. The van der Waals surface area contributed by atoms with Crippen molar-refractivity contribution in [2.45, 2.75) is 0 Å². The van der Waals surface area contributed by atoms with Crippen molar-refractivity contribution in [3.05, 3.63) is 109 Å². The van der Waals surface area contributed by atoms with Gasteiger partial charge < -0.3 is 20.6 Å². The standard InChI is InChI=1S/C26H20N6O2/c33-25(31-21-9-5-17(6-10-21)23-27-13-14-28-23)19-1-2-20(4-3-19)26(34)32-22-11-7-18(8-12-22)24-29-15-16-30-24/h1-16H,(H,27,28)(H,29,30)(H,31,33)(H,32,34). The third-order valence-electron chi connectivity index (χ3n) is 5.24. The Balaban J connectivity index is 1.20. The van der Waals surface area contributed by atoms with Gasteiger partial charge in [-0.2, -0.15) is 0 Å². The van der Waals surface area contributed by atoms with E-state index in [1.807, 2.05) is 48.5 Å². The molecule has 0 aliphatic heterocycles. The van der Waals surface area contributed by atoms with Crippen LogP contribution in [0.3, 0.4) is 0 Å². The summed E-state index contributed by atoms with van der Waals surface area (Å²) in [6, 6.07) is 21.3. The lowest BCUT2D eigenvalue weighted by molar-refractivity contribution is 0.101. The predicted octanol–water partition coefficient (Wildman–Crippen LogP) is 4.97. The van der Waals surface area contributed by atoms with Crippen molar-refractivity contribution in [1.82, 2.24) is 19.9 Å². The smallest absolute Gasteiger partial charge is 0.255 e. The SMILES string of the molecule is O=C(Nc1ccc(-c2ncc[nH]2)cc1)c1ccc(C(=O)Nc2ccc(-c3ncc[nH]3)cc2)cc1. The van der Waals surface area contributed by atoms with Crippen LogP contribution >= 0.6 is 0 Å². The summed E-state index contributed by atoms with van der Waals surface area (Å²) in [4.78, 5) is 39.7. The Hall–Kier alpha value is -4.98. The Bertz CT molecular complexity index is 1280. The average Bonchev–Trinajstić information content (AvgIpc) is 3.60. The Labute approximate surface area is 195 Å². The molecule has 166 valence electrons. The first-order valence-corrected chi connectivity index (χ1v) is 10.6. The number of anilines is 2. The molecule has 4 N–H and O–H groups in total. The van der Waals surface area contributed by atoms with Crippen molar-refractivity contribution in [2.75, 3.05) is 10.6 Å². The molecule has 0 fully saturated rings. The zero-order chi connectivity index (χ0) is 23.3. The molecule has 2 aromatic heterocycles. The number of aromatic amines is 2. The normalized spacial score (nSPS) is 10.6. The van der Waals surface area contributed by atoms with E-state index in [0.29, 0.717) is 22.5 Å². The summed E-state index contributed by atoms with van der Waals surface area (Å²) in [7, 11) is 0. The number of aromatic nitrogens is 4. The van der Waals surface area contributed by atoms with Gasteiger partial charge in [0.2, 0.25) is 0 Å². The molecule has 0 atom stereocenters. The molecule has 0 saturated heterocycles. The van der Waals surface area contributed by atoms with Crippen LogP contribution in [0.4, 0.5) is 11.4 Å². The van der Waals surface area contributed by atoms with Gasteiger partial charge in [-0.1, -0.05) is 0 Å². The molecule has 0 spiro atoms. The second-order valence-electron chi connectivity index (χ2n) is 7.52. The Morgan fingerprint density at radius 2 is 0.941 bits per heavy atom. The predicted molar refractivity (Wildman–Crippen MR) is 130 cm³/mol. The van der Waals surface area contributed by atoms with Gasteiger partial charge in [-0.3, -0.25) is 9.59 Å². The van der Waals surface area contributed by atoms with Crippen LogP contribution in [0.2, 0.25) is 0 Å². The minimum atomic E-state index is -0.258. The van der Waals surface area contributed by atoms with Crippen LogP contribution in [0.15, 0.2) is 97.6 Å². The molecular weight excluding hydrogens is 428 g/mol. The Morgan fingerprint density at radius 1 is 0.559 bits per heavy atom. The third-order valence-corrected chi connectivity index (χ3v) is 5.24. The molecule has 0 aliphatic rings. The lowest BCUT2D eigenvalue weighted by atomic mass is 10.1. The largest absolute Gasteiger partial charge is 0.345 e. The quantitative estimate of drug-likeness (QED) is 0.293. The maximum absolute atomic E-state index is 12.6. The number of nitrogens with zero attached hydrogens (tertiary/aromatic N) is 2. The van der Waals surface area contributed by atoms with Crippen molar-refractivity contribution < 1.29 is 9.59 Å². The average molecular weight is 448 g/mol. The monoisotopic (exact) mass is 448 g/mol. The lowest BCUT2D eigenvalue weighted by Gasteiger charge is -2.08. The van der Waals surface area contributed by atoms with E-state index in [-0.39, 0.29) is 11.8 Å². The van der Waals surface area contributed by atoms with Crippen LogP contribution < -0.4 is 10.6 Å². The molecule has 8 heteroatoms. The summed E-state index contributed by atoms with van der Waals surface area (Å²) < 4.78 is 0. The topological polar surface area (TPSA) is 116 Å². The summed E-state index contributed by atoms with van der Waals surface area (Å²) in [5, 5.41) is 5.72. The first kappa shape index (κ1) is 20.9. The minimum Gasteiger partial charge on any atom is -0.345 e. The van der Waals surface area contributed by atoms with Gasteiger partial charge in [0, 0.05) is 58.4 Å². The van der Waals surface area contributed by atoms with Gasteiger partial charge in [-0.15, -0.1) is 0 Å². The van der Waals surface area contributed by atoms with Gasteiger partial charge in [0.1, 0.15) is 11.6 Å². The summed E-state index contributed by atoms with van der Waals surface area (Å²) in [5.41, 5.74) is 4.09. The molecule has 8 nitrogen and oxygen atoms in total. The van der Waals surface area contributed by atoms with Crippen LogP contribution in [0.1, 0.15) is 20.7 Å². The minimum absolute atomic E-state index is 0.258. The molecule has 0 bridgehead atoms. The van der Waals surface area contributed by atoms with E-state index in [2.05, 4.69) is 30.6 Å². The van der Waals surface area contributed by atoms with Crippen molar-refractivity contribution in [3.8, 4) is 22.8 Å². The number of H-pyrrole nitrogens is 2. The van der Waals surface area contributed by atoms with Crippen molar-refractivity contribution in [2.24, 2.45) is 0 Å². The van der Waals surface area contributed by atoms with Crippen LogP contribution in [0, 0.1) is 0 Å². The maximum Gasteiger partial charge on any atom is 0.255 e. The number of hydrogen-bond donors (Lipinski definition) is 4. The third kappa shape index (κ3) is 4.61. The molecule has 5 aromatic rings. The summed E-state index contributed by atoms with van der Waals surface area (Å²) in [6.07, 6.45) is 6.89. The Morgan fingerprint density at radius 3 is 1.26 bits per heavy atom. The van der Waals surface area contributed by atoms with Crippen molar-refractivity contribution in [3.63, 3.8) is 0 Å². The van der Waals surface area contributed by atoms with Crippen LogP contribution in [0.5, 0.6) is 0 Å². The number of amides is 2.